The lowest BCUT2D eigenvalue weighted by Crippen LogP contribution is -2.33. The summed E-state index contributed by atoms with van der Waals surface area (Å²) in [4.78, 5) is 15.9. The first kappa shape index (κ1) is 13.8. The number of pyridine rings is 1. The molecule has 0 aliphatic heterocycles. The van der Waals surface area contributed by atoms with Gasteiger partial charge >= 0.3 is 0 Å². The van der Waals surface area contributed by atoms with Crippen LogP contribution in [0.4, 0.5) is 5.69 Å². The summed E-state index contributed by atoms with van der Waals surface area (Å²) >= 11 is 0. The summed E-state index contributed by atoms with van der Waals surface area (Å²) in [6.07, 6.45) is 7.66. The monoisotopic (exact) mass is 284 g/mol. The molecule has 0 atom stereocenters. The van der Waals surface area contributed by atoms with Gasteiger partial charge in [-0.3, -0.25) is 9.78 Å². The van der Waals surface area contributed by atoms with E-state index in [9.17, 15) is 4.79 Å². The Balaban J connectivity index is 1.63. The van der Waals surface area contributed by atoms with Crippen molar-refractivity contribution in [2.75, 3.05) is 5.32 Å². The van der Waals surface area contributed by atoms with Crippen molar-refractivity contribution < 1.29 is 0 Å². The van der Waals surface area contributed by atoms with Gasteiger partial charge in [0.2, 0.25) is 0 Å². The molecule has 0 radical (unpaired) electrons. The van der Waals surface area contributed by atoms with Crippen LogP contribution in [-0.2, 0) is 0 Å². The van der Waals surface area contributed by atoms with Gasteiger partial charge in [0.05, 0.1) is 11.7 Å². The van der Waals surface area contributed by atoms with Gasteiger partial charge in [0.1, 0.15) is 0 Å². The topological polar surface area (TPSA) is 59.8 Å². The van der Waals surface area contributed by atoms with Crippen LogP contribution >= 0.6 is 0 Å². The summed E-state index contributed by atoms with van der Waals surface area (Å²) in [6, 6.07) is 8.05. The van der Waals surface area contributed by atoms with E-state index in [0.29, 0.717) is 6.04 Å². The molecule has 2 aromatic rings. The van der Waals surface area contributed by atoms with Crippen LogP contribution in [0.25, 0.3) is 0 Å². The predicted molar refractivity (Wildman–Crippen MR) is 82.4 cm³/mol. The molecule has 3 rings (SSSR count). The number of anilines is 1. The second kappa shape index (κ2) is 6.08. The fourth-order valence-electron chi connectivity index (χ4n) is 2.93. The Hall–Kier alpha value is -2.17. The first-order valence-corrected chi connectivity index (χ1v) is 7.45. The quantitative estimate of drug-likeness (QED) is 0.941. The van der Waals surface area contributed by atoms with Crippen molar-refractivity contribution in [1.29, 1.82) is 0 Å². The molecule has 110 valence electrons. The van der Waals surface area contributed by atoms with E-state index < -0.39 is 0 Å². The number of hydrogen-bond acceptors (Lipinski definition) is 4. The third kappa shape index (κ3) is 3.29. The summed E-state index contributed by atoms with van der Waals surface area (Å²) in [5, 5.41) is 7.91. The van der Waals surface area contributed by atoms with E-state index in [1.165, 1.54) is 0 Å². The molecule has 0 spiro atoms. The van der Waals surface area contributed by atoms with Crippen LogP contribution < -0.4 is 10.9 Å². The van der Waals surface area contributed by atoms with Crippen molar-refractivity contribution in [2.24, 2.45) is 0 Å². The number of hydrogen-bond donors (Lipinski definition) is 1. The summed E-state index contributed by atoms with van der Waals surface area (Å²) in [6.45, 7) is 1.92. The molecule has 2 aromatic heterocycles. The second-order valence-corrected chi connectivity index (χ2v) is 5.64. The zero-order valence-electron chi connectivity index (χ0n) is 12.2. The molecule has 1 saturated carbocycles. The highest BCUT2D eigenvalue weighted by Crippen LogP contribution is 2.28. The van der Waals surface area contributed by atoms with Crippen molar-refractivity contribution in [3.8, 4) is 0 Å². The van der Waals surface area contributed by atoms with E-state index in [1.807, 2.05) is 19.1 Å². The molecular formula is C16H20N4O. The van der Waals surface area contributed by atoms with Crippen molar-refractivity contribution in [2.45, 2.75) is 44.7 Å². The first-order valence-electron chi connectivity index (χ1n) is 7.45. The smallest absolute Gasteiger partial charge is 0.267 e. The minimum Gasteiger partial charge on any atom is -0.382 e. The standard InChI is InChI=1S/C16H20N4O/c1-12-2-7-16(21)20(19-12)15-5-3-13(4-6-15)18-14-8-10-17-11-9-14/h2,7-11,13,15H,3-6H2,1H3,(H,17,18). The number of aromatic nitrogens is 3. The Morgan fingerprint density at radius 2 is 1.81 bits per heavy atom. The minimum absolute atomic E-state index is 0.00569. The Kier molecular flexibility index (Phi) is 3.99. The molecule has 0 saturated heterocycles. The third-order valence-corrected chi connectivity index (χ3v) is 4.05. The van der Waals surface area contributed by atoms with Crippen LogP contribution in [0.2, 0.25) is 0 Å². The Morgan fingerprint density at radius 3 is 2.52 bits per heavy atom. The zero-order valence-corrected chi connectivity index (χ0v) is 12.2. The lowest BCUT2D eigenvalue weighted by Gasteiger charge is -2.30. The molecule has 0 amide bonds. The van der Waals surface area contributed by atoms with Gasteiger partial charge < -0.3 is 5.32 Å². The van der Waals surface area contributed by atoms with Crippen LogP contribution in [-0.4, -0.2) is 20.8 Å². The molecule has 5 nitrogen and oxygen atoms in total. The molecule has 0 bridgehead atoms. The molecule has 1 aliphatic carbocycles. The Bertz CT molecular complexity index is 645. The van der Waals surface area contributed by atoms with Crippen LogP contribution in [0.1, 0.15) is 37.4 Å². The SMILES string of the molecule is Cc1ccc(=O)n(C2CCC(Nc3ccncc3)CC2)n1. The highest BCUT2D eigenvalue weighted by Gasteiger charge is 2.23. The number of rotatable bonds is 3. The Labute approximate surface area is 124 Å². The lowest BCUT2D eigenvalue weighted by atomic mass is 9.91. The fourth-order valence-corrected chi connectivity index (χ4v) is 2.93. The van der Waals surface area contributed by atoms with Gasteiger partial charge in [-0.1, -0.05) is 0 Å². The summed E-state index contributed by atoms with van der Waals surface area (Å²) in [5.74, 6) is 0. The molecule has 0 aromatic carbocycles. The number of nitrogens with zero attached hydrogens (tertiary/aromatic N) is 3. The second-order valence-electron chi connectivity index (χ2n) is 5.64. The van der Waals surface area contributed by atoms with E-state index in [1.54, 1.807) is 29.2 Å². The number of nitrogens with one attached hydrogen (secondary N) is 1. The van der Waals surface area contributed by atoms with Gasteiger partial charge in [-0.05, 0) is 50.8 Å². The molecule has 1 aliphatic rings. The molecular weight excluding hydrogens is 264 g/mol. The highest BCUT2D eigenvalue weighted by atomic mass is 16.1. The maximum Gasteiger partial charge on any atom is 0.267 e. The zero-order chi connectivity index (χ0) is 14.7. The van der Waals surface area contributed by atoms with E-state index in [2.05, 4.69) is 15.4 Å². The van der Waals surface area contributed by atoms with Crippen molar-refractivity contribution >= 4 is 5.69 Å². The van der Waals surface area contributed by atoms with Gasteiger partial charge in [-0.2, -0.15) is 5.10 Å². The van der Waals surface area contributed by atoms with E-state index >= 15 is 0 Å². The van der Waals surface area contributed by atoms with Crippen LogP contribution in [0, 0.1) is 6.92 Å². The maximum absolute atomic E-state index is 11.9. The fraction of sp³-hybridized carbons (Fsp3) is 0.438. The molecule has 0 unspecified atom stereocenters. The molecule has 1 N–H and O–H groups in total. The predicted octanol–water partition coefficient (Wildman–Crippen LogP) is 2.54. The van der Waals surface area contributed by atoms with Crippen LogP contribution in [0.5, 0.6) is 0 Å². The largest absolute Gasteiger partial charge is 0.382 e. The molecule has 5 heteroatoms. The molecule has 1 fully saturated rings. The summed E-state index contributed by atoms with van der Waals surface area (Å²) in [5.41, 5.74) is 2.01. The van der Waals surface area contributed by atoms with Gasteiger partial charge in [0, 0.05) is 30.2 Å². The van der Waals surface area contributed by atoms with E-state index in [-0.39, 0.29) is 11.6 Å². The molecule has 2 heterocycles. The average molecular weight is 284 g/mol. The van der Waals surface area contributed by atoms with Crippen LogP contribution in [0.15, 0.2) is 41.5 Å². The van der Waals surface area contributed by atoms with Crippen molar-refractivity contribution in [3.05, 3.63) is 52.7 Å². The van der Waals surface area contributed by atoms with Crippen LogP contribution in [0.3, 0.4) is 0 Å². The maximum atomic E-state index is 11.9. The van der Waals surface area contributed by atoms with Gasteiger partial charge in [-0.15, -0.1) is 0 Å². The minimum atomic E-state index is 0.00569. The van der Waals surface area contributed by atoms with Crippen molar-refractivity contribution in [1.82, 2.24) is 14.8 Å². The highest BCUT2D eigenvalue weighted by molar-refractivity contribution is 5.41. The van der Waals surface area contributed by atoms with Crippen molar-refractivity contribution in [3.63, 3.8) is 0 Å². The normalized spacial score (nSPS) is 22.0. The lowest BCUT2D eigenvalue weighted by molar-refractivity contribution is 0.302. The van der Waals surface area contributed by atoms with E-state index in [0.717, 1.165) is 37.1 Å². The number of aryl methyl sites for hydroxylation is 1. The summed E-state index contributed by atoms with van der Waals surface area (Å²) in [7, 11) is 0. The molecule has 21 heavy (non-hydrogen) atoms. The Morgan fingerprint density at radius 1 is 1.10 bits per heavy atom. The average Bonchev–Trinajstić information content (AvgIpc) is 2.52. The van der Waals surface area contributed by atoms with Gasteiger partial charge in [0.25, 0.3) is 5.56 Å². The third-order valence-electron chi connectivity index (χ3n) is 4.05. The summed E-state index contributed by atoms with van der Waals surface area (Å²) < 4.78 is 1.66. The van der Waals surface area contributed by atoms with Gasteiger partial charge in [0.15, 0.2) is 0 Å². The van der Waals surface area contributed by atoms with E-state index in [4.69, 9.17) is 0 Å². The van der Waals surface area contributed by atoms with Gasteiger partial charge in [-0.25, -0.2) is 4.68 Å². The first-order chi connectivity index (χ1) is 10.2.